The number of aliphatic hydroxyl groups excluding tert-OH is 1. The summed E-state index contributed by atoms with van der Waals surface area (Å²) in [6.45, 7) is 5.00. The van der Waals surface area contributed by atoms with Gasteiger partial charge in [0.25, 0.3) is 5.91 Å². The molecule has 0 fully saturated rings. The smallest absolute Gasteiger partial charge is 0.261 e. The van der Waals surface area contributed by atoms with E-state index in [0.29, 0.717) is 11.5 Å². The maximum absolute atomic E-state index is 11.9. The molecular weight excluding hydrogens is 246 g/mol. The van der Waals surface area contributed by atoms with Crippen LogP contribution in [-0.4, -0.2) is 36.4 Å². The van der Waals surface area contributed by atoms with Crippen LogP contribution in [0.1, 0.15) is 20.8 Å². The van der Waals surface area contributed by atoms with Gasteiger partial charge in [-0.3, -0.25) is 4.79 Å². The molecule has 1 rings (SSSR count). The lowest BCUT2D eigenvalue weighted by molar-refractivity contribution is -0.129. The van der Waals surface area contributed by atoms with Gasteiger partial charge in [-0.15, -0.1) is 0 Å². The third-order valence-corrected chi connectivity index (χ3v) is 2.58. The molecule has 0 spiro atoms. The number of nitrogens with one attached hydrogen (secondary N) is 1. The van der Waals surface area contributed by atoms with Crippen molar-refractivity contribution in [2.24, 2.45) is 0 Å². The number of methoxy groups -OCH3 is 1. The van der Waals surface area contributed by atoms with Crippen molar-refractivity contribution >= 4 is 5.91 Å². The number of amides is 1. The third-order valence-electron chi connectivity index (χ3n) is 2.58. The summed E-state index contributed by atoms with van der Waals surface area (Å²) in [5.41, 5.74) is -0.664. The number of carbonyl (C=O) groups is 1. The van der Waals surface area contributed by atoms with Crippen LogP contribution in [0.5, 0.6) is 11.5 Å². The topological polar surface area (TPSA) is 67.8 Å². The Morgan fingerprint density at radius 1 is 1.42 bits per heavy atom. The highest BCUT2D eigenvalue weighted by Crippen LogP contribution is 2.20. The lowest BCUT2D eigenvalue weighted by Gasteiger charge is -2.25. The molecule has 0 radical (unpaired) electrons. The van der Waals surface area contributed by atoms with Crippen molar-refractivity contribution in [2.45, 2.75) is 32.4 Å². The molecule has 5 nitrogen and oxygen atoms in total. The monoisotopic (exact) mass is 267 g/mol. The van der Waals surface area contributed by atoms with Crippen LogP contribution >= 0.6 is 0 Å². The van der Waals surface area contributed by atoms with Crippen LogP contribution in [0.25, 0.3) is 0 Å². The Bertz CT molecular complexity index is 431. The highest BCUT2D eigenvalue weighted by atomic mass is 16.5. The maximum atomic E-state index is 11.9. The minimum atomic E-state index is -0.664. The molecule has 0 saturated heterocycles. The third kappa shape index (κ3) is 4.79. The normalized spacial score (nSPS) is 12.7. The summed E-state index contributed by atoms with van der Waals surface area (Å²) < 4.78 is 10.6. The largest absolute Gasteiger partial charge is 0.497 e. The molecule has 0 bridgehead atoms. The van der Waals surface area contributed by atoms with Crippen LogP contribution < -0.4 is 14.8 Å². The molecule has 1 amide bonds. The highest BCUT2D eigenvalue weighted by molar-refractivity contribution is 5.81. The lowest BCUT2D eigenvalue weighted by atomic mass is 10.1. The molecule has 0 aromatic heterocycles. The van der Waals surface area contributed by atoms with E-state index in [-0.39, 0.29) is 12.5 Å². The average Bonchev–Trinajstić information content (AvgIpc) is 2.38. The Morgan fingerprint density at radius 3 is 2.63 bits per heavy atom. The number of benzene rings is 1. The molecule has 1 aromatic rings. The Balaban J connectivity index is 2.63. The number of hydrogen-bond donors (Lipinski definition) is 2. The Kier molecular flexibility index (Phi) is 5.18. The minimum absolute atomic E-state index is 0.134. The first kappa shape index (κ1) is 15.3. The van der Waals surface area contributed by atoms with Crippen LogP contribution in [0.15, 0.2) is 24.3 Å². The van der Waals surface area contributed by atoms with E-state index in [1.54, 1.807) is 52.1 Å². The standard InChI is InChI=1S/C14H21NO4/c1-10(13(17)15-14(2,3)9-16)19-12-7-5-6-11(8-12)18-4/h5-8,10,16H,9H2,1-4H3,(H,15,17). The van der Waals surface area contributed by atoms with Crippen molar-refractivity contribution in [1.82, 2.24) is 5.32 Å². The summed E-state index contributed by atoms with van der Waals surface area (Å²) in [5.74, 6) is 0.950. The molecule has 106 valence electrons. The van der Waals surface area contributed by atoms with Gasteiger partial charge in [-0.25, -0.2) is 0 Å². The van der Waals surface area contributed by atoms with Gasteiger partial charge >= 0.3 is 0 Å². The second kappa shape index (κ2) is 6.43. The van der Waals surface area contributed by atoms with Crippen LogP contribution in [0.4, 0.5) is 0 Å². The van der Waals surface area contributed by atoms with Gasteiger partial charge in [-0.05, 0) is 32.9 Å². The number of ether oxygens (including phenoxy) is 2. The van der Waals surface area contributed by atoms with Gasteiger partial charge in [0, 0.05) is 6.07 Å². The number of carbonyl (C=O) groups excluding carboxylic acids is 1. The molecule has 0 saturated carbocycles. The van der Waals surface area contributed by atoms with Crippen molar-refractivity contribution < 1.29 is 19.4 Å². The zero-order valence-electron chi connectivity index (χ0n) is 11.8. The molecule has 5 heteroatoms. The van der Waals surface area contributed by atoms with E-state index in [1.165, 1.54) is 0 Å². The van der Waals surface area contributed by atoms with Gasteiger partial charge < -0.3 is 19.9 Å². The number of hydrogen-bond acceptors (Lipinski definition) is 4. The molecule has 0 aliphatic heterocycles. The predicted molar refractivity (Wildman–Crippen MR) is 72.4 cm³/mol. The molecule has 0 aliphatic rings. The maximum Gasteiger partial charge on any atom is 0.261 e. The second-order valence-corrected chi connectivity index (χ2v) is 4.97. The van der Waals surface area contributed by atoms with Crippen LogP contribution in [0.2, 0.25) is 0 Å². The van der Waals surface area contributed by atoms with E-state index in [0.717, 1.165) is 0 Å². The minimum Gasteiger partial charge on any atom is -0.497 e. The summed E-state index contributed by atoms with van der Waals surface area (Å²) in [6.07, 6.45) is -0.655. The van der Waals surface area contributed by atoms with Crippen LogP contribution in [-0.2, 0) is 4.79 Å². The van der Waals surface area contributed by atoms with Crippen molar-refractivity contribution in [3.63, 3.8) is 0 Å². The van der Waals surface area contributed by atoms with Gasteiger partial charge in [0.05, 0.1) is 19.3 Å². The highest BCUT2D eigenvalue weighted by Gasteiger charge is 2.23. The van der Waals surface area contributed by atoms with Gasteiger partial charge in [-0.2, -0.15) is 0 Å². The molecule has 19 heavy (non-hydrogen) atoms. The fourth-order valence-corrected chi connectivity index (χ4v) is 1.41. The van der Waals surface area contributed by atoms with Gasteiger partial charge in [0.1, 0.15) is 11.5 Å². The zero-order valence-corrected chi connectivity index (χ0v) is 11.8. The average molecular weight is 267 g/mol. The van der Waals surface area contributed by atoms with Crippen molar-refractivity contribution in [3.8, 4) is 11.5 Å². The molecular formula is C14H21NO4. The number of aliphatic hydroxyl groups is 1. The van der Waals surface area contributed by atoms with Crippen molar-refractivity contribution in [3.05, 3.63) is 24.3 Å². The molecule has 1 atom stereocenters. The number of rotatable bonds is 6. The fraction of sp³-hybridized carbons (Fsp3) is 0.500. The summed E-state index contributed by atoms with van der Waals surface area (Å²) in [6, 6.07) is 7.05. The summed E-state index contributed by atoms with van der Waals surface area (Å²) in [5, 5.41) is 11.8. The molecule has 0 aliphatic carbocycles. The Labute approximate surface area is 113 Å². The van der Waals surface area contributed by atoms with E-state index < -0.39 is 11.6 Å². The lowest BCUT2D eigenvalue weighted by Crippen LogP contribution is -2.50. The molecule has 0 heterocycles. The summed E-state index contributed by atoms with van der Waals surface area (Å²) in [7, 11) is 1.57. The van der Waals surface area contributed by atoms with E-state index in [4.69, 9.17) is 14.6 Å². The van der Waals surface area contributed by atoms with E-state index in [9.17, 15) is 4.79 Å². The quantitative estimate of drug-likeness (QED) is 0.816. The van der Waals surface area contributed by atoms with E-state index in [2.05, 4.69) is 5.32 Å². The Morgan fingerprint density at radius 2 is 2.05 bits per heavy atom. The van der Waals surface area contributed by atoms with Crippen molar-refractivity contribution in [1.29, 1.82) is 0 Å². The predicted octanol–water partition coefficient (Wildman–Crippen LogP) is 1.35. The first-order valence-corrected chi connectivity index (χ1v) is 6.11. The van der Waals surface area contributed by atoms with E-state index in [1.807, 2.05) is 0 Å². The first-order chi connectivity index (χ1) is 8.88. The zero-order chi connectivity index (χ0) is 14.5. The first-order valence-electron chi connectivity index (χ1n) is 6.11. The molecule has 1 unspecified atom stereocenters. The van der Waals surface area contributed by atoms with Gasteiger partial charge in [0.15, 0.2) is 6.10 Å². The molecule has 1 aromatic carbocycles. The summed E-state index contributed by atoms with van der Waals surface area (Å²) >= 11 is 0. The van der Waals surface area contributed by atoms with Gasteiger partial charge in [0.2, 0.25) is 0 Å². The second-order valence-electron chi connectivity index (χ2n) is 4.97. The SMILES string of the molecule is COc1cccc(OC(C)C(=O)NC(C)(C)CO)c1. The summed E-state index contributed by atoms with van der Waals surface area (Å²) in [4.78, 5) is 11.9. The van der Waals surface area contributed by atoms with Crippen molar-refractivity contribution in [2.75, 3.05) is 13.7 Å². The Hall–Kier alpha value is -1.75. The van der Waals surface area contributed by atoms with Gasteiger partial charge in [-0.1, -0.05) is 6.07 Å². The molecule has 2 N–H and O–H groups in total. The van der Waals surface area contributed by atoms with E-state index >= 15 is 0 Å². The fourth-order valence-electron chi connectivity index (χ4n) is 1.41. The van der Waals surface area contributed by atoms with Crippen LogP contribution in [0.3, 0.4) is 0 Å². The van der Waals surface area contributed by atoms with Crippen LogP contribution in [0, 0.1) is 0 Å².